The second kappa shape index (κ2) is 9.72. The lowest BCUT2D eigenvalue weighted by Crippen LogP contribution is -2.23. The lowest BCUT2D eigenvalue weighted by Gasteiger charge is -2.06. The normalized spacial score (nSPS) is 11.4. The molecule has 0 atom stereocenters. The van der Waals surface area contributed by atoms with Gasteiger partial charge in [0.1, 0.15) is 5.82 Å². The summed E-state index contributed by atoms with van der Waals surface area (Å²) in [7, 11) is 0. The standard InChI is InChI=1S/C18H14Br2FN5O3/c19-11-3-1-2-10(8-11)4-7-15(27)23-18-16(25-29-26-18)17(24-28)22-12-5-6-14(21)13(20)9-12/h1-3,5-6,8-9,28H,4,7H2,(H,22,24)(H,23,26,27). The van der Waals surface area contributed by atoms with Crippen molar-refractivity contribution >= 4 is 55.1 Å². The van der Waals surface area contributed by atoms with Crippen molar-refractivity contribution in [1.29, 1.82) is 0 Å². The lowest BCUT2D eigenvalue weighted by molar-refractivity contribution is -0.116. The summed E-state index contributed by atoms with van der Waals surface area (Å²) in [4.78, 5) is 16.4. The average molecular weight is 527 g/mol. The number of hydrogen-bond acceptors (Lipinski definition) is 6. The molecule has 0 radical (unpaired) electrons. The van der Waals surface area contributed by atoms with Gasteiger partial charge in [0.05, 0.1) is 10.2 Å². The van der Waals surface area contributed by atoms with E-state index < -0.39 is 5.82 Å². The average Bonchev–Trinajstić information content (AvgIpc) is 3.15. The molecule has 11 heteroatoms. The summed E-state index contributed by atoms with van der Waals surface area (Å²) in [6.07, 6.45) is 0.724. The fourth-order valence-electron chi connectivity index (χ4n) is 2.39. The maximum absolute atomic E-state index is 13.4. The Morgan fingerprint density at radius 1 is 1.21 bits per heavy atom. The van der Waals surface area contributed by atoms with Crippen molar-refractivity contribution in [3.05, 3.63) is 68.5 Å². The molecule has 1 amide bonds. The fourth-order valence-corrected chi connectivity index (χ4v) is 3.20. The lowest BCUT2D eigenvalue weighted by atomic mass is 10.1. The molecule has 0 aliphatic rings. The molecule has 29 heavy (non-hydrogen) atoms. The number of aromatic nitrogens is 2. The number of carbonyl (C=O) groups excluding carboxylic acids is 1. The summed E-state index contributed by atoms with van der Waals surface area (Å²) in [6, 6.07) is 11.7. The van der Waals surface area contributed by atoms with Crippen LogP contribution in [0.15, 0.2) is 61.0 Å². The molecule has 0 aliphatic carbocycles. The van der Waals surface area contributed by atoms with Crippen LogP contribution in [0.2, 0.25) is 0 Å². The van der Waals surface area contributed by atoms with Crippen molar-refractivity contribution in [1.82, 2.24) is 15.8 Å². The molecule has 3 N–H and O–H groups in total. The van der Waals surface area contributed by atoms with Gasteiger partial charge in [0.15, 0.2) is 11.5 Å². The number of amides is 1. The van der Waals surface area contributed by atoms with Crippen LogP contribution in [-0.4, -0.2) is 27.3 Å². The number of nitrogens with zero attached hydrogens (tertiary/aromatic N) is 3. The number of nitrogens with one attached hydrogen (secondary N) is 2. The SMILES string of the molecule is O=C(CCc1cccc(Br)c1)Nc1nonc1C(=Nc1ccc(F)c(Br)c1)NO. The molecule has 1 heterocycles. The number of carbonyl (C=O) groups is 1. The van der Waals surface area contributed by atoms with E-state index in [9.17, 15) is 14.4 Å². The molecule has 3 aromatic rings. The third kappa shape index (κ3) is 5.68. The van der Waals surface area contributed by atoms with Crippen molar-refractivity contribution in [3.8, 4) is 0 Å². The van der Waals surface area contributed by atoms with Gasteiger partial charge in [-0.05, 0) is 68.6 Å². The van der Waals surface area contributed by atoms with Crippen LogP contribution in [0, 0.1) is 5.82 Å². The number of rotatable bonds is 6. The summed E-state index contributed by atoms with van der Waals surface area (Å²) < 4.78 is 19.2. The fraction of sp³-hybridized carbons (Fsp3) is 0.111. The molecule has 0 aliphatic heterocycles. The van der Waals surface area contributed by atoms with Gasteiger partial charge in [0.25, 0.3) is 0 Å². The number of halogens is 3. The molecule has 0 bridgehead atoms. The summed E-state index contributed by atoms with van der Waals surface area (Å²) in [5.74, 6) is -0.912. The van der Waals surface area contributed by atoms with Gasteiger partial charge in [0, 0.05) is 10.9 Å². The van der Waals surface area contributed by atoms with Gasteiger partial charge in [0.2, 0.25) is 11.7 Å². The van der Waals surface area contributed by atoms with Gasteiger partial charge in [-0.15, -0.1) is 0 Å². The van der Waals surface area contributed by atoms with Gasteiger partial charge < -0.3 is 5.32 Å². The molecule has 2 aromatic carbocycles. The summed E-state index contributed by atoms with van der Waals surface area (Å²) >= 11 is 6.45. The minimum atomic E-state index is -0.455. The summed E-state index contributed by atoms with van der Waals surface area (Å²) in [5, 5.41) is 19.3. The monoisotopic (exact) mass is 525 g/mol. The van der Waals surface area contributed by atoms with Crippen LogP contribution in [0.4, 0.5) is 15.9 Å². The summed E-state index contributed by atoms with van der Waals surface area (Å²) in [6.45, 7) is 0. The number of hydroxylamine groups is 1. The topological polar surface area (TPSA) is 113 Å². The third-order valence-corrected chi connectivity index (χ3v) is 4.85. The van der Waals surface area contributed by atoms with E-state index in [0.29, 0.717) is 12.1 Å². The second-order valence-electron chi connectivity index (χ2n) is 5.81. The molecule has 0 saturated carbocycles. The largest absolute Gasteiger partial charge is 0.306 e. The van der Waals surface area contributed by atoms with Crippen LogP contribution < -0.4 is 10.8 Å². The molecule has 0 fully saturated rings. The van der Waals surface area contributed by atoms with Crippen molar-refractivity contribution in [2.75, 3.05) is 5.32 Å². The Morgan fingerprint density at radius 3 is 2.76 bits per heavy atom. The van der Waals surface area contributed by atoms with Crippen LogP contribution in [0.25, 0.3) is 0 Å². The second-order valence-corrected chi connectivity index (χ2v) is 7.58. The van der Waals surface area contributed by atoms with Gasteiger partial charge in [-0.3, -0.25) is 15.5 Å². The van der Waals surface area contributed by atoms with Crippen LogP contribution in [0.5, 0.6) is 0 Å². The maximum Gasteiger partial charge on any atom is 0.226 e. The third-order valence-electron chi connectivity index (χ3n) is 3.75. The molecule has 150 valence electrons. The zero-order valence-electron chi connectivity index (χ0n) is 14.7. The number of benzene rings is 2. The van der Waals surface area contributed by atoms with E-state index in [2.05, 4.69) is 57.1 Å². The molecule has 8 nitrogen and oxygen atoms in total. The van der Waals surface area contributed by atoms with Crippen LogP contribution in [0.3, 0.4) is 0 Å². The summed E-state index contributed by atoms with van der Waals surface area (Å²) in [5.41, 5.74) is 3.19. The Morgan fingerprint density at radius 2 is 2.03 bits per heavy atom. The molecule has 0 unspecified atom stereocenters. The van der Waals surface area contributed by atoms with Crippen LogP contribution in [-0.2, 0) is 11.2 Å². The minimum Gasteiger partial charge on any atom is -0.306 e. The smallest absolute Gasteiger partial charge is 0.226 e. The molecular formula is C18H14Br2FN5O3. The van der Waals surface area contributed by atoms with Gasteiger partial charge in [-0.1, -0.05) is 28.1 Å². The highest BCUT2D eigenvalue weighted by atomic mass is 79.9. The van der Waals surface area contributed by atoms with Crippen molar-refractivity contribution < 1.29 is 19.0 Å². The highest BCUT2D eigenvalue weighted by Crippen LogP contribution is 2.23. The first-order chi connectivity index (χ1) is 14.0. The Bertz CT molecular complexity index is 1060. The highest BCUT2D eigenvalue weighted by molar-refractivity contribution is 9.10. The van der Waals surface area contributed by atoms with Crippen molar-refractivity contribution in [3.63, 3.8) is 0 Å². The van der Waals surface area contributed by atoms with Crippen molar-refractivity contribution in [2.24, 2.45) is 4.99 Å². The number of hydrogen-bond donors (Lipinski definition) is 3. The first-order valence-electron chi connectivity index (χ1n) is 8.27. The Labute approximate surface area is 181 Å². The Kier molecular flexibility index (Phi) is 7.07. The van der Waals surface area contributed by atoms with E-state index in [-0.39, 0.29) is 34.1 Å². The molecule has 0 saturated heterocycles. The van der Waals surface area contributed by atoms with E-state index >= 15 is 0 Å². The van der Waals surface area contributed by atoms with E-state index in [0.717, 1.165) is 10.0 Å². The van der Waals surface area contributed by atoms with Gasteiger partial charge in [-0.2, -0.15) is 0 Å². The first-order valence-corrected chi connectivity index (χ1v) is 9.86. The van der Waals surface area contributed by atoms with E-state index in [4.69, 9.17) is 0 Å². The minimum absolute atomic E-state index is 0.00859. The maximum atomic E-state index is 13.4. The zero-order valence-corrected chi connectivity index (χ0v) is 17.9. The number of aliphatic imine (C=N–C) groups is 1. The van der Waals surface area contributed by atoms with Crippen LogP contribution in [0.1, 0.15) is 17.7 Å². The van der Waals surface area contributed by atoms with E-state index in [1.807, 2.05) is 29.7 Å². The zero-order chi connectivity index (χ0) is 20.8. The molecule has 0 spiro atoms. The Balaban J connectivity index is 1.72. The quantitative estimate of drug-likeness (QED) is 0.250. The molecule has 3 rings (SSSR count). The number of aryl methyl sites for hydroxylation is 1. The predicted octanol–water partition coefficient (Wildman–Crippen LogP) is 4.36. The molecular weight excluding hydrogens is 513 g/mol. The first kappa shape index (κ1) is 21.1. The van der Waals surface area contributed by atoms with E-state index in [1.165, 1.54) is 18.2 Å². The van der Waals surface area contributed by atoms with Gasteiger partial charge in [-0.25, -0.2) is 14.0 Å². The number of anilines is 1. The van der Waals surface area contributed by atoms with Crippen molar-refractivity contribution in [2.45, 2.75) is 12.8 Å². The van der Waals surface area contributed by atoms with E-state index in [1.54, 1.807) is 0 Å². The predicted molar refractivity (Wildman–Crippen MR) is 111 cm³/mol. The molecule has 1 aromatic heterocycles. The van der Waals surface area contributed by atoms with Crippen LogP contribution >= 0.6 is 31.9 Å². The highest BCUT2D eigenvalue weighted by Gasteiger charge is 2.19. The number of amidine groups is 1. The van der Waals surface area contributed by atoms with Gasteiger partial charge >= 0.3 is 0 Å². The Hall–Kier alpha value is -2.63.